The summed E-state index contributed by atoms with van der Waals surface area (Å²) < 4.78 is 0. The lowest BCUT2D eigenvalue weighted by Crippen LogP contribution is -2.05. The fourth-order valence-electron chi connectivity index (χ4n) is 1.23. The van der Waals surface area contributed by atoms with E-state index in [1.165, 1.54) is 24.5 Å². The average Bonchev–Trinajstić information content (AvgIpc) is 2.58. The van der Waals surface area contributed by atoms with Crippen LogP contribution in [0.1, 0.15) is 30.2 Å². The molecule has 0 radical (unpaired) electrons. The molecular formula is C11H15NOS. The van der Waals surface area contributed by atoms with Crippen LogP contribution < -0.4 is 5.73 Å². The van der Waals surface area contributed by atoms with Crippen molar-refractivity contribution in [3.05, 3.63) is 28.0 Å². The Balaban J connectivity index is 2.67. The third-order valence-corrected chi connectivity index (χ3v) is 2.90. The third-order valence-electron chi connectivity index (χ3n) is 1.98. The number of rotatable bonds is 5. The molecule has 0 saturated carbocycles. The molecule has 3 heteroatoms. The Kier molecular flexibility index (Phi) is 4.40. The number of primary amides is 1. The first kappa shape index (κ1) is 11.0. The van der Waals surface area contributed by atoms with E-state index in [0.29, 0.717) is 0 Å². The molecule has 0 aromatic carbocycles. The van der Waals surface area contributed by atoms with Gasteiger partial charge in [-0.1, -0.05) is 13.3 Å². The Morgan fingerprint density at radius 1 is 1.64 bits per heavy atom. The highest BCUT2D eigenvalue weighted by Crippen LogP contribution is 2.20. The van der Waals surface area contributed by atoms with Crippen molar-refractivity contribution in [3.63, 3.8) is 0 Å². The Labute approximate surface area is 88.4 Å². The molecular weight excluding hydrogens is 194 g/mol. The van der Waals surface area contributed by atoms with Gasteiger partial charge < -0.3 is 5.73 Å². The van der Waals surface area contributed by atoms with E-state index in [4.69, 9.17) is 5.73 Å². The topological polar surface area (TPSA) is 43.1 Å². The van der Waals surface area contributed by atoms with Gasteiger partial charge in [-0.25, -0.2) is 0 Å². The molecule has 76 valence electrons. The van der Waals surface area contributed by atoms with Gasteiger partial charge in [0.05, 0.1) is 0 Å². The van der Waals surface area contributed by atoms with E-state index >= 15 is 0 Å². The summed E-state index contributed by atoms with van der Waals surface area (Å²) in [5, 5.41) is 2.05. The van der Waals surface area contributed by atoms with E-state index in [9.17, 15) is 4.79 Å². The van der Waals surface area contributed by atoms with Crippen molar-refractivity contribution in [2.45, 2.75) is 26.2 Å². The molecule has 1 heterocycles. The average molecular weight is 209 g/mol. The highest BCUT2D eigenvalue weighted by molar-refractivity contribution is 7.11. The molecule has 0 fully saturated rings. The number of hydrogen-bond acceptors (Lipinski definition) is 2. The second-order valence-electron chi connectivity index (χ2n) is 3.15. The number of thiophene rings is 1. The highest BCUT2D eigenvalue weighted by Gasteiger charge is 2.00. The second kappa shape index (κ2) is 5.60. The van der Waals surface area contributed by atoms with E-state index in [0.717, 1.165) is 11.3 Å². The molecule has 14 heavy (non-hydrogen) atoms. The van der Waals surface area contributed by atoms with Crippen LogP contribution in [0.15, 0.2) is 17.5 Å². The van der Waals surface area contributed by atoms with E-state index < -0.39 is 0 Å². The molecule has 0 bridgehead atoms. The zero-order valence-corrected chi connectivity index (χ0v) is 9.14. The standard InChI is InChI=1S/C11H15NOS/c1-2-3-4-9-7-8-14-10(9)5-6-11(12)13/h5-8H,2-4H2,1H3,(H2,12,13). The van der Waals surface area contributed by atoms with Crippen molar-refractivity contribution in [1.29, 1.82) is 0 Å². The summed E-state index contributed by atoms with van der Waals surface area (Å²) in [6.07, 6.45) is 6.68. The number of nitrogens with two attached hydrogens (primary N) is 1. The first-order valence-electron chi connectivity index (χ1n) is 4.78. The van der Waals surface area contributed by atoms with Gasteiger partial charge in [-0.2, -0.15) is 0 Å². The summed E-state index contributed by atoms with van der Waals surface area (Å²) in [5.41, 5.74) is 6.35. The predicted molar refractivity (Wildman–Crippen MR) is 61.2 cm³/mol. The van der Waals surface area contributed by atoms with Crippen LogP contribution in [0, 0.1) is 0 Å². The van der Waals surface area contributed by atoms with Crippen LogP contribution in [0.2, 0.25) is 0 Å². The molecule has 0 atom stereocenters. The van der Waals surface area contributed by atoms with E-state index in [1.807, 2.05) is 5.38 Å². The number of carbonyl (C=O) groups is 1. The lowest BCUT2D eigenvalue weighted by Gasteiger charge is -1.97. The molecule has 2 nitrogen and oxygen atoms in total. The predicted octanol–water partition coefficient (Wildman–Crippen LogP) is 2.59. The lowest BCUT2D eigenvalue weighted by molar-refractivity contribution is -0.113. The van der Waals surface area contributed by atoms with Gasteiger partial charge in [0, 0.05) is 11.0 Å². The summed E-state index contributed by atoms with van der Waals surface area (Å²) in [6.45, 7) is 2.17. The van der Waals surface area contributed by atoms with Crippen molar-refractivity contribution in [2.75, 3.05) is 0 Å². The van der Waals surface area contributed by atoms with Gasteiger partial charge in [0.15, 0.2) is 0 Å². The Bertz CT molecular complexity index is 328. The molecule has 0 aliphatic carbocycles. The number of aryl methyl sites for hydroxylation is 1. The van der Waals surface area contributed by atoms with Crippen molar-refractivity contribution in [2.24, 2.45) is 5.73 Å². The Morgan fingerprint density at radius 3 is 3.07 bits per heavy atom. The SMILES string of the molecule is CCCCc1ccsc1C=CC(N)=O. The molecule has 1 rings (SSSR count). The normalized spacial score (nSPS) is 10.9. The summed E-state index contributed by atoms with van der Waals surface area (Å²) in [6, 6.07) is 2.11. The van der Waals surface area contributed by atoms with Crippen LogP contribution in [-0.2, 0) is 11.2 Å². The van der Waals surface area contributed by atoms with Crippen LogP contribution >= 0.6 is 11.3 Å². The van der Waals surface area contributed by atoms with Gasteiger partial charge in [0.1, 0.15) is 0 Å². The second-order valence-corrected chi connectivity index (χ2v) is 4.10. The largest absolute Gasteiger partial charge is 0.366 e. The molecule has 1 aromatic heterocycles. The minimum atomic E-state index is -0.389. The molecule has 0 aliphatic heterocycles. The number of unbranched alkanes of at least 4 members (excludes halogenated alkanes) is 1. The third kappa shape index (κ3) is 3.34. The highest BCUT2D eigenvalue weighted by atomic mass is 32.1. The van der Waals surface area contributed by atoms with Gasteiger partial charge in [-0.15, -0.1) is 11.3 Å². The zero-order chi connectivity index (χ0) is 10.4. The molecule has 2 N–H and O–H groups in total. The summed E-state index contributed by atoms with van der Waals surface area (Å²) in [4.78, 5) is 11.7. The van der Waals surface area contributed by atoms with Gasteiger partial charge >= 0.3 is 0 Å². The molecule has 1 aromatic rings. The van der Waals surface area contributed by atoms with Crippen molar-refractivity contribution in [3.8, 4) is 0 Å². The maximum Gasteiger partial charge on any atom is 0.241 e. The van der Waals surface area contributed by atoms with Gasteiger partial charge in [-0.3, -0.25) is 4.79 Å². The van der Waals surface area contributed by atoms with E-state index in [1.54, 1.807) is 17.4 Å². The Hall–Kier alpha value is -1.09. The summed E-state index contributed by atoms with van der Waals surface area (Å²) in [5.74, 6) is -0.389. The minimum absolute atomic E-state index is 0.389. The van der Waals surface area contributed by atoms with Gasteiger partial charge in [0.2, 0.25) is 5.91 Å². The minimum Gasteiger partial charge on any atom is -0.366 e. The maximum absolute atomic E-state index is 10.6. The van der Waals surface area contributed by atoms with Crippen molar-refractivity contribution in [1.82, 2.24) is 0 Å². The van der Waals surface area contributed by atoms with Crippen LogP contribution in [0.4, 0.5) is 0 Å². The first-order valence-corrected chi connectivity index (χ1v) is 5.66. The van der Waals surface area contributed by atoms with Crippen LogP contribution in [0.25, 0.3) is 6.08 Å². The summed E-state index contributed by atoms with van der Waals surface area (Å²) >= 11 is 1.65. The fraction of sp³-hybridized carbons (Fsp3) is 0.364. The van der Waals surface area contributed by atoms with Crippen LogP contribution in [0.5, 0.6) is 0 Å². The number of hydrogen-bond donors (Lipinski definition) is 1. The monoisotopic (exact) mass is 209 g/mol. The molecule has 0 spiro atoms. The number of carbonyl (C=O) groups excluding carboxylic acids is 1. The maximum atomic E-state index is 10.6. The van der Waals surface area contributed by atoms with E-state index in [-0.39, 0.29) is 5.91 Å². The van der Waals surface area contributed by atoms with Crippen molar-refractivity contribution < 1.29 is 4.79 Å². The lowest BCUT2D eigenvalue weighted by atomic mass is 10.1. The molecule has 0 unspecified atom stereocenters. The van der Waals surface area contributed by atoms with Gasteiger partial charge in [-0.05, 0) is 35.9 Å². The Morgan fingerprint density at radius 2 is 2.43 bits per heavy atom. The zero-order valence-electron chi connectivity index (χ0n) is 8.32. The van der Waals surface area contributed by atoms with Gasteiger partial charge in [0.25, 0.3) is 0 Å². The molecule has 0 saturated heterocycles. The van der Waals surface area contributed by atoms with Crippen LogP contribution in [0.3, 0.4) is 0 Å². The number of amides is 1. The molecule has 1 amide bonds. The van der Waals surface area contributed by atoms with Crippen molar-refractivity contribution >= 4 is 23.3 Å². The summed E-state index contributed by atoms with van der Waals surface area (Å²) in [7, 11) is 0. The molecule has 0 aliphatic rings. The van der Waals surface area contributed by atoms with Crippen LogP contribution in [-0.4, -0.2) is 5.91 Å². The fourth-order valence-corrected chi connectivity index (χ4v) is 2.07. The first-order chi connectivity index (χ1) is 6.74. The smallest absolute Gasteiger partial charge is 0.241 e. The quantitative estimate of drug-likeness (QED) is 0.744. The van der Waals surface area contributed by atoms with E-state index in [2.05, 4.69) is 13.0 Å².